The second-order valence-electron chi connectivity index (χ2n) is 4.92. The molecule has 0 saturated carbocycles. The van der Waals surface area contributed by atoms with Gasteiger partial charge in [-0.15, -0.1) is 0 Å². The molecule has 0 aliphatic rings. The summed E-state index contributed by atoms with van der Waals surface area (Å²) in [5.41, 5.74) is 3.22. The molecular formula is C14H12Cl2N4O4S. The first-order chi connectivity index (χ1) is 11.6. The van der Waals surface area contributed by atoms with Crippen molar-refractivity contribution in [1.82, 2.24) is 0 Å². The van der Waals surface area contributed by atoms with E-state index in [0.29, 0.717) is 21.3 Å². The number of hydrazone groups is 1. The molecule has 0 atom stereocenters. The maximum absolute atomic E-state index is 11.3. The van der Waals surface area contributed by atoms with E-state index in [-0.39, 0.29) is 10.6 Å². The molecule has 0 saturated heterocycles. The van der Waals surface area contributed by atoms with Gasteiger partial charge in [0.2, 0.25) is 10.0 Å². The summed E-state index contributed by atoms with van der Waals surface area (Å²) in [4.78, 5) is 10.0. The molecule has 0 aliphatic carbocycles. The van der Waals surface area contributed by atoms with Gasteiger partial charge in [-0.2, -0.15) is 5.10 Å². The molecule has 0 amide bonds. The largest absolute Gasteiger partial charge is 0.295 e. The van der Waals surface area contributed by atoms with Crippen LogP contribution >= 0.6 is 23.2 Å². The summed E-state index contributed by atoms with van der Waals surface area (Å²) < 4.78 is 22.6. The highest BCUT2D eigenvalue weighted by atomic mass is 35.5. The lowest BCUT2D eigenvalue weighted by Gasteiger charge is -2.07. The molecule has 2 aromatic carbocycles. The Labute approximate surface area is 153 Å². The maximum Gasteiger partial charge on any atom is 0.295 e. The zero-order valence-corrected chi connectivity index (χ0v) is 15.1. The molecule has 132 valence electrons. The van der Waals surface area contributed by atoms with Gasteiger partial charge in [-0.3, -0.25) is 15.5 Å². The van der Waals surface area contributed by atoms with Gasteiger partial charge in [-0.25, -0.2) is 13.6 Å². The van der Waals surface area contributed by atoms with E-state index < -0.39 is 20.6 Å². The summed E-state index contributed by atoms with van der Waals surface area (Å²) in [6.07, 6.45) is 0. The van der Waals surface area contributed by atoms with Crippen molar-refractivity contribution in [3.05, 3.63) is 62.1 Å². The molecule has 11 heteroatoms. The first-order valence-corrected chi connectivity index (χ1v) is 8.97. The Bertz CT molecular complexity index is 977. The SMILES string of the molecule is CC(=NNc1ccc(S(N)(=O)=O)cc1[N+](=O)[O-])c1ccc(Cl)c(Cl)c1. The van der Waals surface area contributed by atoms with E-state index in [1.807, 2.05) is 0 Å². The summed E-state index contributed by atoms with van der Waals surface area (Å²) in [5.74, 6) is 0. The lowest BCUT2D eigenvalue weighted by atomic mass is 10.1. The van der Waals surface area contributed by atoms with Crippen LogP contribution in [0.15, 0.2) is 46.4 Å². The molecule has 3 N–H and O–H groups in total. The minimum absolute atomic E-state index is 0.0109. The quantitative estimate of drug-likeness (QED) is 0.449. The van der Waals surface area contributed by atoms with Crippen molar-refractivity contribution in [2.24, 2.45) is 10.2 Å². The number of nitro groups is 1. The normalized spacial score (nSPS) is 12.1. The van der Waals surface area contributed by atoms with Gasteiger partial charge >= 0.3 is 0 Å². The third-order valence-corrected chi connectivity index (χ3v) is 4.83. The van der Waals surface area contributed by atoms with Gasteiger partial charge in [0, 0.05) is 6.07 Å². The topological polar surface area (TPSA) is 128 Å². The molecule has 0 radical (unpaired) electrons. The summed E-state index contributed by atoms with van der Waals surface area (Å²) in [6.45, 7) is 1.66. The lowest BCUT2D eigenvalue weighted by molar-refractivity contribution is -0.384. The Hall–Kier alpha value is -2.20. The lowest BCUT2D eigenvalue weighted by Crippen LogP contribution is -2.12. The summed E-state index contributed by atoms with van der Waals surface area (Å²) in [5, 5.41) is 20.9. The minimum Gasteiger partial charge on any atom is -0.271 e. The van der Waals surface area contributed by atoms with Crippen LogP contribution in [0, 0.1) is 10.1 Å². The Morgan fingerprint density at radius 1 is 1.20 bits per heavy atom. The Morgan fingerprint density at radius 2 is 1.88 bits per heavy atom. The number of nitrogens with two attached hydrogens (primary N) is 1. The van der Waals surface area contributed by atoms with Gasteiger partial charge in [0.1, 0.15) is 5.69 Å². The zero-order valence-electron chi connectivity index (χ0n) is 12.7. The molecule has 2 rings (SSSR count). The van der Waals surface area contributed by atoms with Crippen LogP contribution < -0.4 is 10.6 Å². The highest BCUT2D eigenvalue weighted by molar-refractivity contribution is 7.89. The molecule has 0 heterocycles. The third kappa shape index (κ3) is 4.67. The van der Waals surface area contributed by atoms with Gasteiger partial charge in [0.05, 0.1) is 25.6 Å². The number of primary sulfonamides is 1. The van der Waals surface area contributed by atoms with E-state index in [0.717, 1.165) is 12.1 Å². The first kappa shape index (κ1) is 19.1. The predicted molar refractivity (Wildman–Crippen MR) is 96.8 cm³/mol. The monoisotopic (exact) mass is 402 g/mol. The number of nitrogens with one attached hydrogen (secondary N) is 1. The average Bonchev–Trinajstić information content (AvgIpc) is 2.54. The van der Waals surface area contributed by atoms with Crippen LogP contribution in [0.2, 0.25) is 10.0 Å². The van der Waals surface area contributed by atoms with Crippen molar-refractivity contribution in [2.75, 3.05) is 5.43 Å². The van der Waals surface area contributed by atoms with Crippen LogP contribution in [0.25, 0.3) is 0 Å². The molecule has 0 bridgehead atoms. The van der Waals surface area contributed by atoms with Crippen LogP contribution in [-0.2, 0) is 10.0 Å². The molecule has 0 spiro atoms. The van der Waals surface area contributed by atoms with Crippen LogP contribution in [0.1, 0.15) is 12.5 Å². The molecule has 2 aromatic rings. The number of rotatable bonds is 5. The first-order valence-electron chi connectivity index (χ1n) is 6.66. The van der Waals surface area contributed by atoms with Gasteiger partial charge < -0.3 is 0 Å². The van der Waals surface area contributed by atoms with Gasteiger partial charge in [-0.05, 0) is 36.8 Å². The fourth-order valence-electron chi connectivity index (χ4n) is 1.86. The van der Waals surface area contributed by atoms with Crippen molar-refractivity contribution in [3.63, 3.8) is 0 Å². The number of halogens is 2. The molecule has 0 aromatic heterocycles. The number of nitro benzene ring substituents is 1. The number of hydrogen-bond acceptors (Lipinski definition) is 6. The molecule has 8 nitrogen and oxygen atoms in total. The fraction of sp³-hybridized carbons (Fsp3) is 0.0714. The van der Waals surface area contributed by atoms with Gasteiger partial charge in [0.15, 0.2) is 0 Å². The number of benzene rings is 2. The predicted octanol–water partition coefficient (Wildman–Crippen LogP) is 3.39. The van der Waals surface area contributed by atoms with E-state index in [1.54, 1.807) is 25.1 Å². The van der Waals surface area contributed by atoms with E-state index in [9.17, 15) is 18.5 Å². The standard InChI is InChI=1S/C14H12Cl2N4O4S/c1-8(9-2-4-11(15)12(16)6-9)18-19-13-5-3-10(25(17,23)24)7-14(13)20(21)22/h2-7,19H,1H3,(H2,17,23,24). The minimum atomic E-state index is -4.05. The number of anilines is 1. The highest BCUT2D eigenvalue weighted by Gasteiger charge is 2.19. The van der Waals surface area contributed by atoms with Crippen molar-refractivity contribution >= 4 is 50.3 Å². The Morgan fingerprint density at radius 3 is 2.44 bits per heavy atom. The zero-order chi connectivity index (χ0) is 18.8. The number of sulfonamides is 1. The third-order valence-electron chi connectivity index (χ3n) is 3.18. The average molecular weight is 403 g/mol. The van der Waals surface area contributed by atoms with Crippen molar-refractivity contribution in [3.8, 4) is 0 Å². The van der Waals surface area contributed by atoms with E-state index in [2.05, 4.69) is 10.5 Å². The number of hydrogen-bond donors (Lipinski definition) is 2. The Balaban J connectivity index is 2.36. The fourth-order valence-corrected chi connectivity index (χ4v) is 2.70. The van der Waals surface area contributed by atoms with Gasteiger partial charge in [-0.1, -0.05) is 29.3 Å². The smallest absolute Gasteiger partial charge is 0.271 e. The second kappa shape index (κ2) is 7.36. The summed E-state index contributed by atoms with van der Waals surface area (Å²) in [7, 11) is -4.05. The molecule has 0 fully saturated rings. The molecule has 0 aliphatic heterocycles. The van der Waals surface area contributed by atoms with Crippen LogP contribution in [0.3, 0.4) is 0 Å². The van der Waals surface area contributed by atoms with Crippen molar-refractivity contribution < 1.29 is 13.3 Å². The summed E-state index contributed by atoms with van der Waals surface area (Å²) in [6, 6.07) is 8.11. The number of nitrogens with zero attached hydrogens (tertiary/aromatic N) is 2. The second-order valence-corrected chi connectivity index (χ2v) is 7.29. The molecule has 0 unspecified atom stereocenters. The van der Waals surface area contributed by atoms with Crippen molar-refractivity contribution in [2.45, 2.75) is 11.8 Å². The van der Waals surface area contributed by atoms with E-state index >= 15 is 0 Å². The van der Waals surface area contributed by atoms with Crippen LogP contribution in [-0.4, -0.2) is 19.1 Å². The molecule has 25 heavy (non-hydrogen) atoms. The summed E-state index contributed by atoms with van der Waals surface area (Å²) >= 11 is 11.8. The van der Waals surface area contributed by atoms with Crippen LogP contribution in [0.5, 0.6) is 0 Å². The highest BCUT2D eigenvalue weighted by Crippen LogP contribution is 2.27. The van der Waals surface area contributed by atoms with Gasteiger partial charge in [0.25, 0.3) is 5.69 Å². The van der Waals surface area contributed by atoms with E-state index in [4.69, 9.17) is 28.3 Å². The maximum atomic E-state index is 11.3. The van der Waals surface area contributed by atoms with Crippen LogP contribution in [0.4, 0.5) is 11.4 Å². The Kier molecular flexibility index (Phi) is 5.63. The molecular weight excluding hydrogens is 391 g/mol. The van der Waals surface area contributed by atoms with Crippen molar-refractivity contribution in [1.29, 1.82) is 0 Å². The van der Waals surface area contributed by atoms with E-state index in [1.165, 1.54) is 6.07 Å².